The quantitative estimate of drug-likeness (QED) is 0.871. The second-order valence-corrected chi connectivity index (χ2v) is 3.49. The molecule has 0 unspecified atom stereocenters. The molecule has 1 aromatic carbocycles. The number of hydrogen-bond acceptors (Lipinski definition) is 2. The van der Waals surface area contributed by atoms with Gasteiger partial charge in [0.2, 0.25) is 0 Å². The highest BCUT2D eigenvalue weighted by molar-refractivity contribution is 6.02. The Morgan fingerprint density at radius 1 is 1.24 bits per heavy atom. The zero-order valence-electron chi connectivity index (χ0n) is 8.96. The maximum absolute atomic E-state index is 13.2. The molecule has 0 fully saturated rings. The fourth-order valence-corrected chi connectivity index (χ4v) is 1.33. The summed E-state index contributed by atoms with van der Waals surface area (Å²) < 4.78 is 31.2. The molecule has 17 heavy (non-hydrogen) atoms. The molecular formula is C12H9F2NO2. The van der Waals surface area contributed by atoms with E-state index < -0.39 is 17.5 Å². The fourth-order valence-electron chi connectivity index (χ4n) is 1.33. The van der Waals surface area contributed by atoms with Gasteiger partial charge in [-0.25, -0.2) is 8.78 Å². The molecule has 1 amide bonds. The standard InChI is InChI=1S/C12H9F2NO2/c1-7-2-5-11(17-7)12(16)15-10-6-8(13)3-4-9(10)14/h2-6H,1H3,(H,15,16). The number of benzene rings is 1. The first-order valence-corrected chi connectivity index (χ1v) is 4.89. The van der Waals surface area contributed by atoms with E-state index in [-0.39, 0.29) is 11.4 Å². The van der Waals surface area contributed by atoms with Crippen LogP contribution in [0.5, 0.6) is 0 Å². The Bertz CT molecular complexity index is 563. The second-order valence-electron chi connectivity index (χ2n) is 3.49. The predicted octanol–water partition coefficient (Wildman–Crippen LogP) is 3.12. The summed E-state index contributed by atoms with van der Waals surface area (Å²) >= 11 is 0. The third-order valence-corrected chi connectivity index (χ3v) is 2.14. The van der Waals surface area contributed by atoms with Crippen LogP contribution >= 0.6 is 0 Å². The van der Waals surface area contributed by atoms with E-state index in [4.69, 9.17) is 4.42 Å². The van der Waals surface area contributed by atoms with Crippen LogP contribution in [0.25, 0.3) is 0 Å². The van der Waals surface area contributed by atoms with E-state index in [0.29, 0.717) is 5.76 Å². The molecule has 1 heterocycles. The third-order valence-electron chi connectivity index (χ3n) is 2.14. The first-order chi connectivity index (χ1) is 8.06. The first-order valence-electron chi connectivity index (χ1n) is 4.89. The predicted molar refractivity (Wildman–Crippen MR) is 57.8 cm³/mol. The van der Waals surface area contributed by atoms with E-state index in [9.17, 15) is 13.6 Å². The molecule has 2 rings (SSSR count). The van der Waals surface area contributed by atoms with Gasteiger partial charge in [-0.05, 0) is 31.2 Å². The third kappa shape index (κ3) is 2.50. The summed E-state index contributed by atoms with van der Waals surface area (Å²) in [5.41, 5.74) is -0.218. The van der Waals surface area contributed by atoms with Crippen LogP contribution in [0.3, 0.4) is 0 Å². The van der Waals surface area contributed by atoms with Gasteiger partial charge in [-0.2, -0.15) is 0 Å². The number of nitrogens with one attached hydrogen (secondary N) is 1. The Hall–Kier alpha value is -2.17. The molecule has 0 aliphatic carbocycles. The maximum atomic E-state index is 13.2. The fraction of sp³-hybridized carbons (Fsp3) is 0.0833. The van der Waals surface area contributed by atoms with Crippen LogP contribution in [-0.4, -0.2) is 5.91 Å². The van der Waals surface area contributed by atoms with Crippen molar-refractivity contribution in [3.05, 3.63) is 53.5 Å². The Morgan fingerprint density at radius 3 is 2.65 bits per heavy atom. The molecule has 1 N–H and O–H groups in total. The van der Waals surface area contributed by atoms with Gasteiger partial charge in [0.1, 0.15) is 17.4 Å². The Balaban J connectivity index is 2.21. The number of carbonyl (C=O) groups excluding carboxylic acids is 1. The monoisotopic (exact) mass is 237 g/mol. The Labute approximate surface area is 96.1 Å². The molecule has 0 spiro atoms. The highest BCUT2D eigenvalue weighted by Gasteiger charge is 2.13. The molecule has 3 nitrogen and oxygen atoms in total. The van der Waals surface area contributed by atoms with Gasteiger partial charge in [-0.15, -0.1) is 0 Å². The minimum absolute atomic E-state index is 0.0474. The van der Waals surface area contributed by atoms with E-state index >= 15 is 0 Å². The number of aryl methyl sites for hydroxylation is 1. The lowest BCUT2D eigenvalue weighted by Crippen LogP contribution is -2.12. The van der Waals surface area contributed by atoms with Gasteiger partial charge in [0, 0.05) is 6.07 Å². The number of rotatable bonds is 2. The molecule has 2 aromatic rings. The van der Waals surface area contributed by atoms with E-state index in [0.717, 1.165) is 18.2 Å². The summed E-state index contributed by atoms with van der Waals surface area (Å²) in [6.07, 6.45) is 0. The van der Waals surface area contributed by atoms with Crippen LogP contribution in [0.15, 0.2) is 34.7 Å². The van der Waals surface area contributed by atoms with Crippen LogP contribution in [0.1, 0.15) is 16.3 Å². The van der Waals surface area contributed by atoms with E-state index in [1.165, 1.54) is 6.07 Å². The van der Waals surface area contributed by atoms with Gasteiger partial charge in [0.25, 0.3) is 5.91 Å². The summed E-state index contributed by atoms with van der Waals surface area (Å²) in [7, 11) is 0. The number of carbonyl (C=O) groups is 1. The molecule has 1 aromatic heterocycles. The molecular weight excluding hydrogens is 228 g/mol. The zero-order chi connectivity index (χ0) is 12.4. The SMILES string of the molecule is Cc1ccc(C(=O)Nc2cc(F)ccc2F)o1. The van der Waals surface area contributed by atoms with Crippen molar-refractivity contribution in [2.24, 2.45) is 0 Å². The van der Waals surface area contributed by atoms with Gasteiger partial charge in [0.05, 0.1) is 5.69 Å². The lowest BCUT2D eigenvalue weighted by Gasteiger charge is -2.04. The number of anilines is 1. The van der Waals surface area contributed by atoms with Crippen LogP contribution < -0.4 is 5.32 Å². The minimum Gasteiger partial charge on any atom is -0.456 e. The zero-order valence-corrected chi connectivity index (χ0v) is 8.96. The van der Waals surface area contributed by atoms with Crippen molar-refractivity contribution in [1.29, 1.82) is 0 Å². The van der Waals surface area contributed by atoms with Crippen molar-refractivity contribution in [2.75, 3.05) is 5.32 Å². The number of hydrogen-bond donors (Lipinski definition) is 1. The Morgan fingerprint density at radius 2 is 2.00 bits per heavy atom. The molecule has 0 atom stereocenters. The number of amides is 1. The molecule has 0 radical (unpaired) electrons. The molecule has 0 saturated carbocycles. The highest BCUT2D eigenvalue weighted by atomic mass is 19.1. The van der Waals surface area contributed by atoms with Crippen LogP contribution in [0.4, 0.5) is 14.5 Å². The van der Waals surface area contributed by atoms with Crippen molar-refractivity contribution >= 4 is 11.6 Å². The lowest BCUT2D eigenvalue weighted by atomic mass is 10.3. The van der Waals surface area contributed by atoms with Crippen molar-refractivity contribution in [1.82, 2.24) is 0 Å². The molecule has 5 heteroatoms. The lowest BCUT2D eigenvalue weighted by molar-refractivity contribution is 0.0995. The van der Waals surface area contributed by atoms with E-state index in [2.05, 4.69) is 5.32 Å². The first kappa shape index (κ1) is 11.3. The van der Waals surface area contributed by atoms with Crippen molar-refractivity contribution in [3.63, 3.8) is 0 Å². The number of halogens is 2. The molecule has 88 valence electrons. The van der Waals surface area contributed by atoms with Crippen molar-refractivity contribution in [3.8, 4) is 0 Å². The number of furan rings is 1. The van der Waals surface area contributed by atoms with Crippen molar-refractivity contribution in [2.45, 2.75) is 6.92 Å². The summed E-state index contributed by atoms with van der Waals surface area (Å²) in [4.78, 5) is 11.6. The summed E-state index contributed by atoms with van der Waals surface area (Å²) in [5, 5.41) is 2.23. The van der Waals surface area contributed by atoms with E-state index in [1.54, 1.807) is 13.0 Å². The normalized spacial score (nSPS) is 10.3. The van der Waals surface area contributed by atoms with Gasteiger partial charge in [0.15, 0.2) is 5.76 Å². The second kappa shape index (κ2) is 4.37. The molecule has 0 saturated heterocycles. The molecule has 0 aliphatic heterocycles. The van der Waals surface area contributed by atoms with Gasteiger partial charge in [-0.1, -0.05) is 0 Å². The summed E-state index contributed by atoms with van der Waals surface area (Å²) in [5.74, 6) is -1.34. The smallest absolute Gasteiger partial charge is 0.291 e. The van der Waals surface area contributed by atoms with Crippen LogP contribution in [0, 0.1) is 18.6 Å². The van der Waals surface area contributed by atoms with Crippen molar-refractivity contribution < 1.29 is 18.0 Å². The largest absolute Gasteiger partial charge is 0.456 e. The topological polar surface area (TPSA) is 42.2 Å². The van der Waals surface area contributed by atoms with Crippen LogP contribution in [0.2, 0.25) is 0 Å². The maximum Gasteiger partial charge on any atom is 0.291 e. The minimum atomic E-state index is -0.706. The molecule has 0 bridgehead atoms. The van der Waals surface area contributed by atoms with E-state index in [1.807, 2.05) is 0 Å². The summed E-state index contributed by atoms with van der Waals surface area (Å²) in [6, 6.07) is 5.89. The summed E-state index contributed by atoms with van der Waals surface area (Å²) in [6.45, 7) is 1.68. The van der Waals surface area contributed by atoms with Gasteiger partial charge >= 0.3 is 0 Å². The average molecular weight is 237 g/mol. The van der Waals surface area contributed by atoms with Crippen LogP contribution in [-0.2, 0) is 0 Å². The molecule has 0 aliphatic rings. The van der Waals surface area contributed by atoms with Gasteiger partial charge in [-0.3, -0.25) is 4.79 Å². The highest BCUT2D eigenvalue weighted by Crippen LogP contribution is 2.17. The van der Waals surface area contributed by atoms with Gasteiger partial charge < -0.3 is 9.73 Å². The Kier molecular flexibility index (Phi) is 2.91. The average Bonchev–Trinajstić information content (AvgIpc) is 2.70.